The molecule has 1 aromatic rings. The predicted molar refractivity (Wildman–Crippen MR) is 74.7 cm³/mol. The standard InChI is InChI=1S/C15H21NO5/c1-15(2,3)21-14(19)16-12(9-13(17)18)10-6-5-7-11(8-10)20-4/h5-8,12H,9H2,1-4H3,(H,16,19)(H,17,18)/p-1/t12-/m0/s1. The third kappa shape index (κ3) is 6.16. The van der Waals surface area contributed by atoms with Crippen molar-refractivity contribution < 1.29 is 24.2 Å². The number of amides is 1. The minimum Gasteiger partial charge on any atom is -0.550 e. The van der Waals surface area contributed by atoms with Crippen LogP contribution in [0.4, 0.5) is 4.79 Å². The molecule has 0 spiro atoms. The third-order valence-corrected chi connectivity index (χ3v) is 2.56. The van der Waals surface area contributed by atoms with Crippen LogP contribution < -0.4 is 15.2 Å². The fraction of sp³-hybridized carbons (Fsp3) is 0.467. The summed E-state index contributed by atoms with van der Waals surface area (Å²) in [5, 5.41) is 13.4. The van der Waals surface area contributed by atoms with Crippen LogP contribution in [0.5, 0.6) is 5.75 Å². The van der Waals surface area contributed by atoms with E-state index in [9.17, 15) is 14.7 Å². The molecule has 1 aromatic carbocycles. The SMILES string of the molecule is COc1cccc([C@H](CC(=O)[O-])NC(=O)OC(C)(C)C)c1. The normalized spacial score (nSPS) is 12.4. The van der Waals surface area contributed by atoms with Crippen molar-refractivity contribution >= 4 is 12.1 Å². The van der Waals surface area contributed by atoms with Gasteiger partial charge in [-0.05, 0) is 38.5 Å². The Labute approximate surface area is 124 Å². The average molecular weight is 294 g/mol. The summed E-state index contributed by atoms with van der Waals surface area (Å²) < 4.78 is 10.2. The fourth-order valence-corrected chi connectivity index (χ4v) is 1.73. The molecule has 116 valence electrons. The molecule has 1 N–H and O–H groups in total. The van der Waals surface area contributed by atoms with Gasteiger partial charge in [0, 0.05) is 12.4 Å². The quantitative estimate of drug-likeness (QED) is 0.887. The van der Waals surface area contributed by atoms with E-state index in [1.54, 1.807) is 45.0 Å². The Balaban J connectivity index is 2.89. The topological polar surface area (TPSA) is 87.7 Å². The molecule has 0 aliphatic rings. The second-order valence-electron chi connectivity index (χ2n) is 5.55. The Morgan fingerprint density at radius 2 is 2.00 bits per heavy atom. The monoisotopic (exact) mass is 294 g/mol. The zero-order valence-electron chi connectivity index (χ0n) is 12.6. The fourth-order valence-electron chi connectivity index (χ4n) is 1.73. The van der Waals surface area contributed by atoms with Crippen LogP contribution in [-0.4, -0.2) is 24.8 Å². The number of nitrogens with one attached hydrogen (secondary N) is 1. The highest BCUT2D eigenvalue weighted by Gasteiger charge is 2.21. The van der Waals surface area contributed by atoms with Gasteiger partial charge in [0.25, 0.3) is 0 Å². The van der Waals surface area contributed by atoms with E-state index < -0.39 is 23.7 Å². The Kier molecular flexibility index (Phi) is 5.58. The molecule has 0 fully saturated rings. The van der Waals surface area contributed by atoms with E-state index in [-0.39, 0.29) is 6.42 Å². The Bertz CT molecular complexity index is 507. The maximum absolute atomic E-state index is 11.8. The first-order valence-corrected chi connectivity index (χ1v) is 6.54. The van der Waals surface area contributed by atoms with Crippen molar-refractivity contribution in [1.29, 1.82) is 0 Å². The van der Waals surface area contributed by atoms with E-state index in [2.05, 4.69) is 5.32 Å². The van der Waals surface area contributed by atoms with E-state index in [4.69, 9.17) is 9.47 Å². The van der Waals surface area contributed by atoms with Gasteiger partial charge >= 0.3 is 6.09 Å². The van der Waals surface area contributed by atoms with Crippen LogP contribution >= 0.6 is 0 Å². The Hall–Kier alpha value is -2.24. The maximum Gasteiger partial charge on any atom is 0.408 e. The summed E-state index contributed by atoms with van der Waals surface area (Å²) >= 11 is 0. The van der Waals surface area contributed by atoms with Crippen LogP contribution in [0.3, 0.4) is 0 Å². The van der Waals surface area contributed by atoms with Crippen molar-refractivity contribution in [2.45, 2.75) is 38.8 Å². The van der Waals surface area contributed by atoms with Crippen LogP contribution in [0.25, 0.3) is 0 Å². The molecule has 6 nitrogen and oxygen atoms in total. The smallest absolute Gasteiger partial charge is 0.408 e. The first-order valence-electron chi connectivity index (χ1n) is 6.54. The van der Waals surface area contributed by atoms with Gasteiger partial charge in [-0.2, -0.15) is 0 Å². The number of carboxylic acids is 1. The van der Waals surface area contributed by atoms with Gasteiger partial charge in [-0.25, -0.2) is 4.79 Å². The van der Waals surface area contributed by atoms with Crippen LogP contribution in [0.15, 0.2) is 24.3 Å². The molecule has 0 saturated carbocycles. The summed E-state index contributed by atoms with van der Waals surface area (Å²) in [5.41, 5.74) is -0.0609. The van der Waals surface area contributed by atoms with E-state index in [0.717, 1.165) is 0 Å². The molecular formula is C15H20NO5-. The van der Waals surface area contributed by atoms with E-state index in [1.807, 2.05) is 0 Å². The number of benzene rings is 1. The number of carbonyl (C=O) groups excluding carboxylic acids is 2. The highest BCUT2D eigenvalue weighted by atomic mass is 16.6. The van der Waals surface area contributed by atoms with Crippen molar-refractivity contribution in [3.05, 3.63) is 29.8 Å². The lowest BCUT2D eigenvalue weighted by molar-refractivity contribution is -0.306. The van der Waals surface area contributed by atoms with Gasteiger partial charge in [-0.3, -0.25) is 0 Å². The number of carbonyl (C=O) groups is 2. The minimum absolute atomic E-state index is 0.355. The van der Waals surface area contributed by atoms with Crippen LogP contribution in [0.2, 0.25) is 0 Å². The van der Waals surface area contributed by atoms with E-state index in [1.165, 1.54) is 7.11 Å². The van der Waals surface area contributed by atoms with Crippen molar-refractivity contribution in [3.8, 4) is 5.75 Å². The van der Waals surface area contributed by atoms with E-state index >= 15 is 0 Å². The van der Waals surface area contributed by atoms with Crippen molar-refractivity contribution in [2.75, 3.05) is 7.11 Å². The van der Waals surface area contributed by atoms with Crippen molar-refractivity contribution in [3.63, 3.8) is 0 Å². The summed E-state index contributed by atoms with van der Waals surface area (Å²) in [5.74, 6) is -0.694. The summed E-state index contributed by atoms with van der Waals surface area (Å²) in [6.07, 6.45) is -1.04. The van der Waals surface area contributed by atoms with Gasteiger partial charge in [0.05, 0.1) is 13.2 Å². The van der Waals surface area contributed by atoms with Gasteiger partial charge in [0.15, 0.2) is 0 Å². The Morgan fingerprint density at radius 3 is 2.52 bits per heavy atom. The van der Waals surface area contributed by atoms with Gasteiger partial charge in [-0.1, -0.05) is 12.1 Å². The zero-order chi connectivity index (χ0) is 16.0. The van der Waals surface area contributed by atoms with Crippen LogP contribution in [0.1, 0.15) is 38.8 Å². The number of methoxy groups -OCH3 is 1. The number of rotatable bonds is 5. The molecule has 0 radical (unpaired) electrons. The molecule has 0 aliphatic heterocycles. The molecule has 0 aliphatic carbocycles. The largest absolute Gasteiger partial charge is 0.550 e. The predicted octanol–water partition coefficient (Wildman–Crippen LogP) is 1.40. The molecule has 1 amide bonds. The van der Waals surface area contributed by atoms with Gasteiger partial charge in [-0.15, -0.1) is 0 Å². The lowest BCUT2D eigenvalue weighted by Gasteiger charge is -2.24. The number of ether oxygens (including phenoxy) is 2. The van der Waals surface area contributed by atoms with Crippen LogP contribution in [0, 0.1) is 0 Å². The molecule has 0 unspecified atom stereocenters. The van der Waals surface area contributed by atoms with Gasteiger partial charge < -0.3 is 24.7 Å². The number of hydrogen-bond donors (Lipinski definition) is 1. The molecule has 21 heavy (non-hydrogen) atoms. The lowest BCUT2D eigenvalue weighted by atomic mass is 10.0. The highest BCUT2D eigenvalue weighted by molar-refractivity contribution is 5.71. The summed E-state index contributed by atoms with van der Waals surface area (Å²) in [7, 11) is 1.51. The lowest BCUT2D eigenvalue weighted by Crippen LogP contribution is -2.37. The van der Waals surface area contributed by atoms with E-state index in [0.29, 0.717) is 11.3 Å². The second kappa shape index (κ2) is 6.97. The third-order valence-electron chi connectivity index (χ3n) is 2.56. The second-order valence-corrected chi connectivity index (χ2v) is 5.55. The summed E-state index contributed by atoms with van der Waals surface area (Å²) in [4.78, 5) is 22.7. The van der Waals surface area contributed by atoms with Gasteiger partial charge in [0.1, 0.15) is 11.4 Å². The average Bonchev–Trinajstić information content (AvgIpc) is 2.35. The highest BCUT2D eigenvalue weighted by Crippen LogP contribution is 2.22. The maximum atomic E-state index is 11.8. The summed E-state index contributed by atoms with van der Waals surface area (Å²) in [6, 6.07) is 6.05. The number of alkyl carbamates (subject to hydrolysis) is 1. The van der Waals surface area contributed by atoms with Crippen molar-refractivity contribution in [2.24, 2.45) is 0 Å². The molecule has 1 atom stereocenters. The molecule has 0 bridgehead atoms. The number of carboxylic acid groups (broad SMARTS) is 1. The molecule has 6 heteroatoms. The number of hydrogen-bond acceptors (Lipinski definition) is 5. The molecule has 0 saturated heterocycles. The molecular weight excluding hydrogens is 274 g/mol. The van der Waals surface area contributed by atoms with Crippen LogP contribution in [-0.2, 0) is 9.53 Å². The first-order chi connectivity index (χ1) is 9.71. The zero-order valence-corrected chi connectivity index (χ0v) is 12.6. The van der Waals surface area contributed by atoms with Gasteiger partial charge in [0.2, 0.25) is 0 Å². The molecule has 1 rings (SSSR count). The molecule has 0 aromatic heterocycles. The Morgan fingerprint density at radius 1 is 1.33 bits per heavy atom. The minimum atomic E-state index is -1.26. The van der Waals surface area contributed by atoms with Crippen molar-refractivity contribution in [1.82, 2.24) is 5.32 Å². The number of aliphatic carboxylic acids is 1. The first kappa shape index (κ1) is 16.8. The summed E-state index contributed by atoms with van der Waals surface area (Å²) in [6.45, 7) is 5.18. The molecule has 0 heterocycles.